The van der Waals surface area contributed by atoms with Gasteiger partial charge in [-0.3, -0.25) is 14.4 Å². The van der Waals surface area contributed by atoms with Gasteiger partial charge in [-0.2, -0.15) is 0 Å². The van der Waals surface area contributed by atoms with Crippen molar-refractivity contribution in [2.45, 2.75) is 6.54 Å². The molecule has 3 N–H and O–H groups in total. The first-order chi connectivity index (χ1) is 15.4. The lowest BCUT2D eigenvalue weighted by atomic mass is 10.1. The average Bonchev–Trinajstić information content (AvgIpc) is 3.30. The van der Waals surface area contributed by atoms with Crippen molar-refractivity contribution in [2.24, 2.45) is 0 Å². The Morgan fingerprint density at radius 2 is 1.66 bits per heavy atom. The van der Waals surface area contributed by atoms with E-state index in [1.165, 1.54) is 17.0 Å². The topological polar surface area (TPSA) is 117 Å². The van der Waals surface area contributed by atoms with E-state index in [1.807, 2.05) is 29.0 Å². The number of aromatic nitrogens is 2. The molecular formula is C23H21N5O4. The third kappa shape index (κ3) is 3.83. The van der Waals surface area contributed by atoms with Crippen LogP contribution in [-0.2, 0) is 6.54 Å². The van der Waals surface area contributed by atoms with Crippen LogP contribution in [0.15, 0.2) is 70.8 Å². The van der Waals surface area contributed by atoms with Crippen LogP contribution in [0, 0.1) is 0 Å². The molecule has 9 nitrogen and oxygen atoms in total. The van der Waals surface area contributed by atoms with Crippen molar-refractivity contribution in [3.63, 3.8) is 0 Å². The molecule has 1 heterocycles. The first-order valence-corrected chi connectivity index (χ1v) is 9.81. The maximum atomic E-state index is 12.3. The fourth-order valence-electron chi connectivity index (χ4n) is 3.31. The fourth-order valence-corrected chi connectivity index (χ4v) is 3.31. The van der Waals surface area contributed by atoms with Crippen molar-refractivity contribution in [3.05, 3.63) is 92.8 Å². The van der Waals surface area contributed by atoms with Gasteiger partial charge in [-0.25, -0.2) is 4.98 Å². The number of benzene rings is 2. The summed E-state index contributed by atoms with van der Waals surface area (Å²) in [6.07, 6.45) is 5.19. The largest absolute Gasteiger partial charge is 0.505 e. The van der Waals surface area contributed by atoms with Gasteiger partial charge >= 0.3 is 0 Å². The van der Waals surface area contributed by atoms with Gasteiger partial charge in [-0.1, -0.05) is 24.3 Å². The van der Waals surface area contributed by atoms with Gasteiger partial charge < -0.3 is 25.2 Å². The molecule has 0 spiro atoms. The summed E-state index contributed by atoms with van der Waals surface area (Å²) < 4.78 is 1.88. The Morgan fingerprint density at radius 3 is 2.31 bits per heavy atom. The Hall–Kier alpha value is -4.40. The molecule has 0 fully saturated rings. The zero-order valence-corrected chi connectivity index (χ0v) is 17.5. The molecular weight excluding hydrogens is 410 g/mol. The number of rotatable bonds is 7. The summed E-state index contributed by atoms with van der Waals surface area (Å²) in [4.78, 5) is 42.2. The number of phenols is 1. The Labute approximate surface area is 183 Å². The van der Waals surface area contributed by atoms with Gasteiger partial charge in [0.25, 0.3) is 16.8 Å². The van der Waals surface area contributed by atoms with Crippen LogP contribution in [0.2, 0.25) is 0 Å². The second kappa shape index (κ2) is 8.38. The summed E-state index contributed by atoms with van der Waals surface area (Å²) in [6.45, 7) is 0.525. The Bertz CT molecular complexity index is 1350. The quantitative estimate of drug-likeness (QED) is 0.304. The number of carbonyl (C=O) groups excluding carboxylic acids is 1. The molecule has 0 atom stereocenters. The van der Waals surface area contributed by atoms with Gasteiger partial charge in [0.15, 0.2) is 5.75 Å². The SMILES string of the molecule is CN(C)C(=O)c1cccc(Nc2c(Nc3ccccc3Cn3ccnc3)c(=O)c2=O)c1O. The van der Waals surface area contributed by atoms with Crippen molar-refractivity contribution in [1.82, 2.24) is 14.5 Å². The van der Waals surface area contributed by atoms with Crippen molar-refractivity contribution in [3.8, 4) is 5.75 Å². The monoisotopic (exact) mass is 431 g/mol. The van der Waals surface area contributed by atoms with E-state index in [0.29, 0.717) is 12.2 Å². The molecule has 0 bridgehead atoms. The summed E-state index contributed by atoms with van der Waals surface area (Å²) in [5, 5.41) is 16.4. The average molecular weight is 431 g/mol. The summed E-state index contributed by atoms with van der Waals surface area (Å²) in [6, 6.07) is 12.0. The van der Waals surface area contributed by atoms with Gasteiger partial charge in [-0.05, 0) is 23.8 Å². The van der Waals surface area contributed by atoms with Crippen LogP contribution in [0.4, 0.5) is 22.7 Å². The second-order valence-corrected chi connectivity index (χ2v) is 7.45. The number of nitrogens with zero attached hydrogens (tertiary/aromatic N) is 3. The van der Waals surface area contributed by atoms with Crippen molar-refractivity contribution in [1.29, 1.82) is 0 Å². The Morgan fingerprint density at radius 1 is 1.00 bits per heavy atom. The minimum atomic E-state index is -0.705. The van der Waals surface area contributed by atoms with Gasteiger partial charge in [0, 0.05) is 32.2 Å². The lowest BCUT2D eigenvalue weighted by Crippen LogP contribution is -2.36. The third-order valence-corrected chi connectivity index (χ3v) is 5.03. The van der Waals surface area contributed by atoms with E-state index < -0.39 is 10.9 Å². The highest BCUT2D eigenvalue weighted by molar-refractivity contribution is 5.99. The molecule has 1 aromatic heterocycles. The van der Waals surface area contributed by atoms with Crippen LogP contribution in [0.1, 0.15) is 15.9 Å². The van der Waals surface area contributed by atoms with Crippen LogP contribution in [0.25, 0.3) is 0 Å². The number of carbonyl (C=O) groups is 1. The molecule has 4 rings (SSSR count). The van der Waals surface area contributed by atoms with Crippen LogP contribution in [0.3, 0.4) is 0 Å². The molecule has 0 saturated heterocycles. The highest BCUT2D eigenvalue weighted by Crippen LogP contribution is 2.33. The molecule has 0 aliphatic heterocycles. The number of aromatic hydroxyl groups is 1. The summed E-state index contributed by atoms with van der Waals surface area (Å²) in [7, 11) is 3.14. The van der Waals surface area contributed by atoms with Crippen LogP contribution >= 0.6 is 0 Å². The van der Waals surface area contributed by atoms with Gasteiger partial charge in [0.2, 0.25) is 0 Å². The molecule has 162 valence electrons. The maximum Gasteiger partial charge on any atom is 0.257 e. The number of imidazole rings is 1. The minimum absolute atomic E-state index is 0.0252. The predicted octanol–water partition coefficient (Wildman–Crippen LogP) is 2.42. The second-order valence-electron chi connectivity index (χ2n) is 7.45. The highest BCUT2D eigenvalue weighted by atomic mass is 16.3. The van der Waals surface area contributed by atoms with E-state index in [0.717, 1.165) is 5.56 Å². The van der Waals surface area contributed by atoms with Crippen molar-refractivity contribution >= 4 is 28.7 Å². The predicted molar refractivity (Wildman–Crippen MR) is 122 cm³/mol. The number of phenolic OH excluding ortho intramolecular Hbond substituents is 1. The Kier molecular flexibility index (Phi) is 5.46. The lowest BCUT2D eigenvalue weighted by molar-refractivity contribution is 0.0824. The normalized spacial score (nSPS) is 10.8. The first-order valence-electron chi connectivity index (χ1n) is 9.81. The molecule has 1 amide bonds. The minimum Gasteiger partial charge on any atom is -0.505 e. The molecule has 4 aromatic rings. The number of amides is 1. The van der Waals surface area contributed by atoms with E-state index in [-0.39, 0.29) is 34.3 Å². The van der Waals surface area contributed by atoms with Gasteiger partial charge in [0.05, 0.1) is 24.1 Å². The smallest absolute Gasteiger partial charge is 0.257 e. The molecule has 9 heteroatoms. The number of hydrogen-bond donors (Lipinski definition) is 3. The highest BCUT2D eigenvalue weighted by Gasteiger charge is 2.24. The Balaban J connectivity index is 1.63. The zero-order chi connectivity index (χ0) is 22.8. The molecule has 3 aromatic carbocycles. The first kappa shape index (κ1) is 20.9. The number of anilines is 4. The summed E-state index contributed by atoms with van der Waals surface area (Å²) in [5.74, 6) is -0.686. The van der Waals surface area contributed by atoms with E-state index >= 15 is 0 Å². The molecule has 0 unspecified atom stereocenters. The van der Waals surface area contributed by atoms with Crippen LogP contribution in [-0.4, -0.2) is 39.6 Å². The molecule has 0 aliphatic carbocycles. The van der Waals surface area contributed by atoms with Crippen molar-refractivity contribution in [2.75, 3.05) is 24.7 Å². The zero-order valence-electron chi connectivity index (χ0n) is 17.5. The van der Waals surface area contributed by atoms with E-state index in [9.17, 15) is 19.5 Å². The van der Waals surface area contributed by atoms with Gasteiger partial charge in [-0.15, -0.1) is 0 Å². The van der Waals surface area contributed by atoms with Crippen LogP contribution in [0.5, 0.6) is 5.75 Å². The van der Waals surface area contributed by atoms with E-state index in [1.54, 1.807) is 38.8 Å². The molecule has 0 radical (unpaired) electrons. The van der Waals surface area contributed by atoms with Gasteiger partial charge in [0.1, 0.15) is 11.4 Å². The van der Waals surface area contributed by atoms with Crippen molar-refractivity contribution < 1.29 is 9.90 Å². The molecule has 0 saturated carbocycles. The number of hydrogen-bond acceptors (Lipinski definition) is 7. The maximum absolute atomic E-state index is 12.3. The number of para-hydroxylation sites is 2. The summed E-state index contributed by atoms with van der Waals surface area (Å²) >= 11 is 0. The number of nitrogens with one attached hydrogen (secondary N) is 2. The lowest BCUT2D eigenvalue weighted by Gasteiger charge is -2.19. The molecule has 32 heavy (non-hydrogen) atoms. The third-order valence-electron chi connectivity index (χ3n) is 5.03. The standard InChI is InChI=1S/C23H21N5O4/c1-27(2)23(32)15-7-5-9-17(20(15)29)26-19-18(21(30)22(19)31)25-16-8-4-3-6-14(16)12-28-11-10-24-13-28/h3-11,13,25-26,29H,12H2,1-2H3. The van der Waals surface area contributed by atoms with E-state index in [4.69, 9.17) is 0 Å². The fraction of sp³-hybridized carbons (Fsp3) is 0.130. The molecule has 0 aliphatic rings. The summed E-state index contributed by atoms with van der Waals surface area (Å²) in [5.41, 5.74) is 0.545. The van der Waals surface area contributed by atoms with Crippen LogP contribution < -0.4 is 21.5 Å². The van der Waals surface area contributed by atoms with E-state index in [2.05, 4.69) is 15.6 Å².